The summed E-state index contributed by atoms with van der Waals surface area (Å²) in [6.45, 7) is 3.20. The lowest BCUT2D eigenvalue weighted by atomic mass is 9.73. The van der Waals surface area contributed by atoms with Crippen molar-refractivity contribution in [2.75, 3.05) is 6.61 Å². The minimum Gasteiger partial charge on any atom is -0.373 e. The quantitative estimate of drug-likeness (QED) is 0.187. The SMILES string of the molecule is CCc1ccc(Cc2cc(C3CCCC(COCc4ccccc4)(OCc4ccccc4)C3=O)ccc2Cl)cc1. The Bertz CT molecular complexity index is 1380. The normalized spacial score (nSPS) is 19.1. The van der Waals surface area contributed by atoms with Crippen molar-refractivity contribution >= 4 is 17.4 Å². The monoisotopic (exact) mass is 552 g/mol. The number of hydrogen-bond donors (Lipinski definition) is 0. The summed E-state index contributed by atoms with van der Waals surface area (Å²) >= 11 is 6.65. The smallest absolute Gasteiger partial charge is 0.174 e. The first kappa shape index (κ1) is 28.3. The highest BCUT2D eigenvalue weighted by molar-refractivity contribution is 6.31. The van der Waals surface area contributed by atoms with Crippen molar-refractivity contribution in [3.63, 3.8) is 0 Å². The molecule has 206 valence electrons. The van der Waals surface area contributed by atoms with Crippen molar-refractivity contribution in [1.29, 1.82) is 0 Å². The molecule has 1 aliphatic rings. The third-order valence-corrected chi connectivity index (χ3v) is 8.31. The van der Waals surface area contributed by atoms with Crippen LogP contribution in [-0.4, -0.2) is 18.0 Å². The summed E-state index contributed by atoms with van der Waals surface area (Å²) in [5.41, 5.74) is 5.70. The molecule has 0 amide bonds. The van der Waals surface area contributed by atoms with Gasteiger partial charge in [0.2, 0.25) is 0 Å². The molecule has 0 radical (unpaired) electrons. The van der Waals surface area contributed by atoms with E-state index in [1.807, 2.05) is 72.8 Å². The molecule has 4 aromatic rings. The molecular weight excluding hydrogens is 516 g/mol. The minimum atomic E-state index is -0.997. The first-order valence-electron chi connectivity index (χ1n) is 14.3. The van der Waals surface area contributed by atoms with E-state index < -0.39 is 5.60 Å². The van der Waals surface area contributed by atoms with Crippen LogP contribution in [-0.2, 0) is 40.3 Å². The molecular formula is C36H37ClO3. The minimum absolute atomic E-state index is 0.100. The topological polar surface area (TPSA) is 35.5 Å². The van der Waals surface area contributed by atoms with Crippen molar-refractivity contribution in [3.8, 4) is 0 Å². The number of Topliss-reactive ketones (excluding diaryl/α,β-unsaturated/α-hetero) is 1. The van der Waals surface area contributed by atoms with Crippen LogP contribution in [0, 0.1) is 0 Å². The summed E-state index contributed by atoms with van der Waals surface area (Å²) < 4.78 is 12.7. The summed E-state index contributed by atoms with van der Waals surface area (Å²) in [6, 6.07) is 34.8. The van der Waals surface area contributed by atoms with Crippen LogP contribution in [0.3, 0.4) is 0 Å². The van der Waals surface area contributed by atoms with Crippen molar-refractivity contribution in [1.82, 2.24) is 0 Å². The van der Waals surface area contributed by atoms with Gasteiger partial charge in [0.25, 0.3) is 0 Å². The third-order valence-electron chi connectivity index (χ3n) is 7.94. The van der Waals surface area contributed by atoms with Gasteiger partial charge in [0.1, 0.15) is 0 Å². The standard InChI is InChI=1S/C36H37ClO3/c1-2-27-15-17-28(18-16-27)22-32-23-31(19-20-34(32)37)33-14-9-21-36(35(33)38,40-25-30-12-7-4-8-13-30)26-39-24-29-10-5-3-6-11-29/h3-8,10-13,15-20,23,33H,2,9,14,21-22,24-26H2,1H3. The van der Waals surface area contributed by atoms with Crippen LogP contribution < -0.4 is 0 Å². The zero-order valence-electron chi connectivity index (χ0n) is 23.2. The van der Waals surface area contributed by atoms with Gasteiger partial charge in [0.05, 0.1) is 19.8 Å². The number of carbonyl (C=O) groups is 1. The molecule has 1 saturated carbocycles. The summed E-state index contributed by atoms with van der Waals surface area (Å²) in [5.74, 6) is -0.161. The lowest BCUT2D eigenvalue weighted by Crippen LogP contribution is -2.50. The van der Waals surface area contributed by atoms with E-state index in [4.69, 9.17) is 21.1 Å². The van der Waals surface area contributed by atoms with Crippen LogP contribution in [0.4, 0.5) is 0 Å². The van der Waals surface area contributed by atoms with Gasteiger partial charge in [-0.3, -0.25) is 4.79 Å². The van der Waals surface area contributed by atoms with Crippen molar-refractivity contribution in [2.24, 2.45) is 0 Å². The summed E-state index contributed by atoms with van der Waals surface area (Å²) in [4.78, 5) is 14.3. The van der Waals surface area contributed by atoms with Gasteiger partial charge < -0.3 is 9.47 Å². The molecule has 1 fully saturated rings. The van der Waals surface area contributed by atoms with Gasteiger partial charge in [-0.05, 0) is 71.6 Å². The molecule has 1 aliphatic carbocycles. The van der Waals surface area contributed by atoms with Gasteiger partial charge in [0.15, 0.2) is 11.4 Å². The second kappa shape index (κ2) is 13.4. The van der Waals surface area contributed by atoms with Gasteiger partial charge >= 0.3 is 0 Å². The maximum Gasteiger partial charge on any atom is 0.174 e. The lowest BCUT2D eigenvalue weighted by molar-refractivity contribution is -0.165. The second-order valence-electron chi connectivity index (χ2n) is 10.8. The number of rotatable bonds is 11. The molecule has 0 aliphatic heterocycles. The molecule has 0 aromatic heterocycles. The zero-order chi connectivity index (χ0) is 27.8. The van der Waals surface area contributed by atoms with Crippen LogP contribution >= 0.6 is 11.6 Å². The largest absolute Gasteiger partial charge is 0.373 e. The zero-order valence-corrected chi connectivity index (χ0v) is 23.9. The number of aryl methyl sites for hydroxylation is 1. The molecule has 0 saturated heterocycles. The Labute approximate surface area is 243 Å². The lowest BCUT2D eigenvalue weighted by Gasteiger charge is -2.39. The molecule has 2 unspecified atom stereocenters. The van der Waals surface area contributed by atoms with Gasteiger partial charge in [-0.25, -0.2) is 0 Å². The molecule has 5 rings (SSSR count). The van der Waals surface area contributed by atoms with Crippen LogP contribution in [0.1, 0.15) is 65.5 Å². The van der Waals surface area contributed by atoms with Gasteiger partial charge in [-0.1, -0.05) is 116 Å². The van der Waals surface area contributed by atoms with Crippen LogP contribution in [0.2, 0.25) is 5.02 Å². The van der Waals surface area contributed by atoms with Crippen molar-refractivity contribution < 1.29 is 14.3 Å². The molecule has 0 N–H and O–H groups in total. The predicted octanol–water partition coefficient (Wildman–Crippen LogP) is 8.50. The summed E-state index contributed by atoms with van der Waals surface area (Å²) in [7, 11) is 0. The third kappa shape index (κ3) is 6.90. The van der Waals surface area contributed by atoms with Gasteiger partial charge in [-0.15, -0.1) is 0 Å². The van der Waals surface area contributed by atoms with E-state index in [1.54, 1.807) is 0 Å². The predicted molar refractivity (Wildman–Crippen MR) is 162 cm³/mol. The van der Waals surface area contributed by atoms with Crippen molar-refractivity contribution in [2.45, 2.75) is 63.8 Å². The molecule has 3 nitrogen and oxygen atoms in total. The maximum atomic E-state index is 14.3. The highest BCUT2D eigenvalue weighted by Gasteiger charge is 2.46. The van der Waals surface area contributed by atoms with E-state index in [9.17, 15) is 4.79 Å². The Kier molecular flexibility index (Phi) is 9.49. The van der Waals surface area contributed by atoms with Crippen LogP contribution in [0.25, 0.3) is 0 Å². The van der Waals surface area contributed by atoms with Crippen molar-refractivity contribution in [3.05, 3.63) is 142 Å². The Morgan fingerprint density at radius 3 is 2.12 bits per heavy atom. The first-order chi connectivity index (χ1) is 19.6. The van der Waals surface area contributed by atoms with E-state index in [-0.39, 0.29) is 18.3 Å². The van der Waals surface area contributed by atoms with E-state index in [1.165, 1.54) is 11.1 Å². The molecule has 40 heavy (non-hydrogen) atoms. The number of benzene rings is 4. The molecule has 0 bridgehead atoms. The maximum absolute atomic E-state index is 14.3. The Morgan fingerprint density at radius 1 is 0.800 bits per heavy atom. The second-order valence-corrected chi connectivity index (χ2v) is 11.2. The average Bonchev–Trinajstić information content (AvgIpc) is 3.00. The molecule has 0 heterocycles. The summed E-state index contributed by atoms with van der Waals surface area (Å²) in [6.07, 6.45) is 4.07. The molecule has 2 atom stereocenters. The Balaban J connectivity index is 1.37. The Hall–Kier alpha value is -3.24. The summed E-state index contributed by atoms with van der Waals surface area (Å²) in [5, 5.41) is 0.726. The fraction of sp³-hybridized carbons (Fsp3) is 0.306. The first-order valence-corrected chi connectivity index (χ1v) is 14.6. The van der Waals surface area contributed by atoms with E-state index in [0.717, 1.165) is 53.0 Å². The van der Waals surface area contributed by atoms with E-state index >= 15 is 0 Å². The van der Waals surface area contributed by atoms with Gasteiger partial charge in [-0.2, -0.15) is 0 Å². The highest BCUT2D eigenvalue weighted by Crippen LogP contribution is 2.40. The highest BCUT2D eigenvalue weighted by atomic mass is 35.5. The Morgan fingerprint density at radius 2 is 1.45 bits per heavy atom. The fourth-order valence-corrected chi connectivity index (χ4v) is 5.76. The van der Waals surface area contributed by atoms with Crippen LogP contribution in [0.15, 0.2) is 103 Å². The molecule has 4 aromatic carbocycles. The number of ketones is 1. The average molecular weight is 553 g/mol. The van der Waals surface area contributed by atoms with E-state index in [0.29, 0.717) is 19.6 Å². The van der Waals surface area contributed by atoms with E-state index in [2.05, 4.69) is 37.3 Å². The fourth-order valence-electron chi connectivity index (χ4n) is 5.57. The number of hydrogen-bond acceptors (Lipinski definition) is 3. The molecule has 0 spiro atoms. The van der Waals surface area contributed by atoms with Gasteiger partial charge in [0, 0.05) is 10.9 Å². The molecule has 4 heteroatoms. The number of carbonyl (C=O) groups excluding carboxylic acids is 1. The number of ether oxygens (including phenoxy) is 2. The van der Waals surface area contributed by atoms with Crippen LogP contribution in [0.5, 0.6) is 0 Å². The number of halogens is 1.